The summed E-state index contributed by atoms with van der Waals surface area (Å²) in [5.41, 5.74) is 5.23. The van der Waals surface area contributed by atoms with Crippen LogP contribution in [0.5, 0.6) is 0 Å². The summed E-state index contributed by atoms with van der Waals surface area (Å²) in [4.78, 5) is 0. The Balaban J connectivity index is 2.53. The van der Waals surface area contributed by atoms with Crippen molar-refractivity contribution in [2.45, 2.75) is 13.0 Å². The van der Waals surface area contributed by atoms with E-state index in [2.05, 4.69) is 21.4 Å². The molecule has 2 rings (SSSR count). The van der Waals surface area contributed by atoms with Gasteiger partial charge in [0.2, 0.25) is 0 Å². The summed E-state index contributed by atoms with van der Waals surface area (Å²) in [6.45, 7) is 1.98. The second-order valence-corrected chi connectivity index (χ2v) is 4.93. The van der Waals surface area contributed by atoms with Crippen molar-refractivity contribution in [1.29, 1.82) is 0 Å². The number of benzene rings is 2. The summed E-state index contributed by atoms with van der Waals surface area (Å²) >= 11 is 3.47. The molecular formula is C14H14BrFN2. The predicted molar refractivity (Wildman–Crippen MR) is 74.4 cm³/mol. The highest BCUT2D eigenvalue weighted by Crippen LogP contribution is 2.29. The van der Waals surface area contributed by atoms with Crippen LogP contribution in [0.1, 0.15) is 22.7 Å². The summed E-state index contributed by atoms with van der Waals surface area (Å²) in [5.74, 6) is 5.33. The molecular weight excluding hydrogens is 295 g/mol. The zero-order valence-electron chi connectivity index (χ0n) is 9.95. The molecule has 1 atom stereocenters. The molecule has 0 aromatic heterocycles. The van der Waals surface area contributed by atoms with Crippen molar-refractivity contribution in [3.05, 3.63) is 69.4 Å². The Morgan fingerprint density at radius 1 is 1.11 bits per heavy atom. The van der Waals surface area contributed by atoms with Crippen LogP contribution in [0.15, 0.2) is 46.9 Å². The predicted octanol–water partition coefficient (Wildman–Crippen LogP) is 3.45. The highest BCUT2D eigenvalue weighted by Gasteiger charge is 2.18. The maximum atomic E-state index is 13.8. The number of hydrazine groups is 1. The van der Waals surface area contributed by atoms with E-state index in [1.54, 1.807) is 18.2 Å². The quantitative estimate of drug-likeness (QED) is 0.673. The van der Waals surface area contributed by atoms with Crippen molar-refractivity contribution in [2.75, 3.05) is 0 Å². The van der Waals surface area contributed by atoms with Crippen molar-refractivity contribution >= 4 is 15.9 Å². The Kier molecular flexibility index (Phi) is 4.11. The highest BCUT2D eigenvalue weighted by molar-refractivity contribution is 9.10. The Morgan fingerprint density at radius 2 is 1.78 bits per heavy atom. The van der Waals surface area contributed by atoms with Gasteiger partial charge in [0.15, 0.2) is 0 Å². The maximum absolute atomic E-state index is 13.8. The van der Waals surface area contributed by atoms with Gasteiger partial charge in [-0.05, 0) is 30.2 Å². The third kappa shape index (κ3) is 2.46. The Morgan fingerprint density at radius 3 is 2.44 bits per heavy atom. The van der Waals surface area contributed by atoms with Gasteiger partial charge in [0.25, 0.3) is 0 Å². The first-order valence-corrected chi connectivity index (χ1v) is 6.40. The first-order chi connectivity index (χ1) is 8.65. The molecule has 0 saturated heterocycles. The topological polar surface area (TPSA) is 38.0 Å². The normalized spacial score (nSPS) is 12.4. The molecule has 3 N–H and O–H groups in total. The fourth-order valence-electron chi connectivity index (χ4n) is 1.99. The molecule has 0 saturated carbocycles. The minimum absolute atomic E-state index is 0.264. The van der Waals surface area contributed by atoms with Gasteiger partial charge in [-0.1, -0.05) is 46.3 Å². The summed E-state index contributed by atoms with van der Waals surface area (Å²) in [6.07, 6.45) is 0. The van der Waals surface area contributed by atoms with Crippen molar-refractivity contribution in [2.24, 2.45) is 5.84 Å². The molecule has 0 bridgehead atoms. The van der Waals surface area contributed by atoms with Gasteiger partial charge in [-0.2, -0.15) is 0 Å². The molecule has 2 aromatic carbocycles. The standard InChI is InChI=1S/C14H14BrFN2/c1-9-10(6-4-7-12(9)15)14(18-17)11-5-2-3-8-13(11)16/h2-8,14,18H,17H2,1H3. The molecule has 0 radical (unpaired) electrons. The molecule has 2 nitrogen and oxygen atoms in total. The second kappa shape index (κ2) is 5.61. The van der Waals surface area contributed by atoms with Gasteiger partial charge in [0.1, 0.15) is 5.82 Å². The van der Waals surface area contributed by atoms with E-state index in [1.165, 1.54) is 6.07 Å². The molecule has 0 fully saturated rings. The maximum Gasteiger partial charge on any atom is 0.128 e. The summed E-state index contributed by atoms with van der Waals surface area (Å²) < 4.78 is 14.8. The Bertz CT molecular complexity index is 557. The number of nitrogens with two attached hydrogens (primary N) is 1. The van der Waals surface area contributed by atoms with Crippen LogP contribution in [-0.2, 0) is 0 Å². The molecule has 0 spiro atoms. The Hall–Kier alpha value is -1.23. The highest BCUT2D eigenvalue weighted by atomic mass is 79.9. The second-order valence-electron chi connectivity index (χ2n) is 4.08. The van der Waals surface area contributed by atoms with E-state index in [-0.39, 0.29) is 11.9 Å². The van der Waals surface area contributed by atoms with Gasteiger partial charge in [-0.3, -0.25) is 5.84 Å². The third-order valence-electron chi connectivity index (χ3n) is 3.00. The van der Waals surface area contributed by atoms with Crippen molar-refractivity contribution < 1.29 is 4.39 Å². The lowest BCUT2D eigenvalue weighted by Crippen LogP contribution is -2.30. The Labute approximate surface area is 114 Å². The molecule has 1 unspecified atom stereocenters. The molecule has 0 heterocycles. The van der Waals surface area contributed by atoms with Crippen LogP contribution in [0, 0.1) is 12.7 Å². The molecule has 18 heavy (non-hydrogen) atoms. The van der Waals surface area contributed by atoms with Crippen molar-refractivity contribution in [3.63, 3.8) is 0 Å². The zero-order valence-corrected chi connectivity index (χ0v) is 11.5. The minimum atomic E-state index is -0.358. The van der Waals surface area contributed by atoms with Gasteiger partial charge in [0, 0.05) is 10.0 Å². The molecule has 4 heteroatoms. The van der Waals surface area contributed by atoms with Crippen LogP contribution < -0.4 is 11.3 Å². The van der Waals surface area contributed by atoms with E-state index in [9.17, 15) is 4.39 Å². The van der Waals surface area contributed by atoms with Crippen molar-refractivity contribution in [3.8, 4) is 0 Å². The lowest BCUT2D eigenvalue weighted by Gasteiger charge is -2.20. The fraction of sp³-hybridized carbons (Fsp3) is 0.143. The number of nitrogens with one attached hydrogen (secondary N) is 1. The van der Waals surface area contributed by atoms with Gasteiger partial charge < -0.3 is 0 Å². The smallest absolute Gasteiger partial charge is 0.128 e. The van der Waals surface area contributed by atoms with E-state index in [4.69, 9.17) is 5.84 Å². The average molecular weight is 309 g/mol. The van der Waals surface area contributed by atoms with Crippen LogP contribution in [0.2, 0.25) is 0 Å². The van der Waals surface area contributed by atoms with E-state index < -0.39 is 0 Å². The first kappa shape index (κ1) is 13.2. The van der Waals surface area contributed by atoms with Crippen LogP contribution in [0.4, 0.5) is 4.39 Å². The molecule has 94 valence electrons. The molecule has 0 aliphatic rings. The number of rotatable bonds is 3. The molecule has 0 aliphatic heterocycles. The van der Waals surface area contributed by atoms with Crippen LogP contribution >= 0.6 is 15.9 Å². The van der Waals surface area contributed by atoms with Gasteiger partial charge in [0.05, 0.1) is 6.04 Å². The average Bonchev–Trinajstić information content (AvgIpc) is 2.37. The lowest BCUT2D eigenvalue weighted by atomic mass is 9.95. The molecule has 2 aromatic rings. The number of halogens is 2. The molecule has 0 amide bonds. The van der Waals surface area contributed by atoms with E-state index >= 15 is 0 Å². The van der Waals surface area contributed by atoms with Crippen LogP contribution in [0.3, 0.4) is 0 Å². The lowest BCUT2D eigenvalue weighted by molar-refractivity contribution is 0.559. The zero-order chi connectivity index (χ0) is 13.1. The van der Waals surface area contributed by atoms with Gasteiger partial charge in [-0.15, -0.1) is 0 Å². The summed E-state index contributed by atoms with van der Waals surface area (Å²) in [7, 11) is 0. The van der Waals surface area contributed by atoms with Crippen LogP contribution in [0.25, 0.3) is 0 Å². The van der Waals surface area contributed by atoms with Crippen molar-refractivity contribution in [1.82, 2.24) is 5.43 Å². The van der Waals surface area contributed by atoms with Gasteiger partial charge >= 0.3 is 0 Å². The first-order valence-electron chi connectivity index (χ1n) is 5.60. The SMILES string of the molecule is Cc1c(Br)cccc1C(NN)c1ccccc1F. The number of hydrogen-bond acceptors (Lipinski definition) is 2. The third-order valence-corrected chi connectivity index (χ3v) is 3.86. The van der Waals surface area contributed by atoms with Crippen LogP contribution in [-0.4, -0.2) is 0 Å². The summed E-state index contributed by atoms with van der Waals surface area (Å²) in [6, 6.07) is 12.1. The van der Waals surface area contributed by atoms with Gasteiger partial charge in [-0.25, -0.2) is 9.82 Å². The van der Waals surface area contributed by atoms with E-state index in [0.29, 0.717) is 5.56 Å². The summed E-state index contributed by atoms with van der Waals surface area (Å²) in [5, 5.41) is 0. The molecule has 0 aliphatic carbocycles. The number of hydrogen-bond donors (Lipinski definition) is 2. The minimum Gasteiger partial charge on any atom is -0.271 e. The largest absolute Gasteiger partial charge is 0.271 e. The van der Waals surface area contributed by atoms with E-state index in [0.717, 1.165) is 15.6 Å². The fourth-order valence-corrected chi connectivity index (χ4v) is 2.37. The monoisotopic (exact) mass is 308 g/mol. The van der Waals surface area contributed by atoms with E-state index in [1.807, 2.05) is 25.1 Å².